The molecule has 14 rings (SSSR count). The fraction of sp³-hybridized carbons (Fsp3) is 0. The topological polar surface area (TPSA) is 48.8 Å². The first-order valence-corrected chi connectivity index (χ1v) is 23.4. The Morgan fingerprint density at radius 3 is 1.52 bits per heavy atom. The van der Waals surface area contributed by atoms with Crippen LogP contribution in [-0.2, 0) is 0 Å². The largest absolute Gasteiger partial charge is 0.456 e. The summed E-state index contributed by atoms with van der Waals surface area (Å²) in [5.74, 6) is 0.622. The number of nitrogens with zero attached hydrogens (tertiary/aromatic N) is 4. The molecule has 5 heteroatoms. The number of para-hydroxylation sites is 3. The van der Waals surface area contributed by atoms with Crippen LogP contribution < -0.4 is 0 Å². The standard InChI is InChI=1S/C64H40N4O/c1-4-16-41(17-5-1)55-40-56(42-18-6-2-7-19-42)66-64(65-55)68-58-28-13-10-24-50(58)52-33-30-47(39-60(52)68)49-26-15-29-62-63(49)54-38-46(32-35-61(54)69-62)44-21-14-20-43(36-44)45-31-34-59-53(37-45)51-25-11-12-27-57(51)67(59)48-22-8-3-9-23-48/h1-40H. The molecule has 4 aromatic heterocycles. The number of benzene rings is 10. The summed E-state index contributed by atoms with van der Waals surface area (Å²) in [7, 11) is 0. The predicted octanol–water partition coefficient (Wildman–Crippen LogP) is 16.9. The SMILES string of the molecule is c1ccc(-c2cc(-c3ccccc3)nc(-n3c4ccccc4c4ccc(-c5cccc6oc7ccc(-c8cccc(-c9ccc%10c(c9)c9ccccc9n%10-c9ccccc9)c8)cc7c56)cc43)n2)cc1. The first-order chi connectivity index (χ1) is 34.2. The van der Waals surface area contributed by atoms with Crippen molar-refractivity contribution >= 4 is 65.6 Å². The van der Waals surface area contributed by atoms with Crippen LogP contribution in [0.1, 0.15) is 0 Å². The van der Waals surface area contributed by atoms with Crippen LogP contribution in [0.2, 0.25) is 0 Å². The second kappa shape index (κ2) is 15.7. The number of furan rings is 1. The summed E-state index contributed by atoms with van der Waals surface area (Å²) < 4.78 is 11.2. The fourth-order valence-electron chi connectivity index (χ4n) is 10.5. The van der Waals surface area contributed by atoms with E-state index in [1.165, 1.54) is 32.9 Å². The zero-order valence-electron chi connectivity index (χ0n) is 37.3. The first-order valence-electron chi connectivity index (χ1n) is 23.4. The van der Waals surface area contributed by atoms with Crippen molar-refractivity contribution in [1.29, 1.82) is 0 Å². The van der Waals surface area contributed by atoms with Crippen molar-refractivity contribution in [3.05, 3.63) is 243 Å². The van der Waals surface area contributed by atoms with Gasteiger partial charge in [-0.2, -0.15) is 0 Å². The average molecular weight is 881 g/mol. The molecule has 0 N–H and O–H groups in total. The maximum absolute atomic E-state index is 6.62. The van der Waals surface area contributed by atoms with Gasteiger partial charge >= 0.3 is 0 Å². The smallest absolute Gasteiger partial charge is 0.235 e. The molecule has 0 unspecified atom stereocenters. The Kier molecular flexibility index (Phi) is 8.83. The van der Waals surface area contributed by atoms with E-state index in [-0.39, 0.29) is 0 Å². The molecule has 0 saturated heterocycles. The molecule has 0 aliphatic carbocycles. The lowest BCUT2D eigenvalue weighted by Crippen LogP contribution is -2.04. The van der Waals surface area contributed by atoms with Crippen molar-refractivity contribution in [2.24, 2.45) is 0 Å². The maximum atomic E-state index is 6.62. The van der Waals surface area contributed by atoms with E-state index in [0.717, 1.165) is 94.2 Å². The summed E-state index contributed by atoms with van der Waals surface area (Å²) in [6.45, 7) is 0. The summed E-state index contributed by atoms with van der Waals surface area (Å²) in [4.78, 5) is 10.6. The van der Waals surface area contributed by atoms with Gasteiger partial charge in [0.2, 0.25) is 5.95 Å². The van der Waals surface area contributed by atoms with Crippen molar-refractivity contribution in [2.75, 3.05) is 0 Å². The zero-order valence-corrected chi connectivity index (χ0v) is 37.3. The molecule has 5 nitrogen and oxygen atoms in total. The van der Waals surface area contributed by atoms with E-state index in [9.17, 15) is 0 Å². The van der Waals surface area contributed by atoms with Crippen LogP contribution in [0.3, 0.4) is 0 Å². The highest BCUT2D eigenvalue weighted by atomic mass is 16.3. The van der Waals surface area contributed by atoms with Gasteiger partial charge in [0.05, 0.1) is 33.5 Å². The van der Waals surface area contributed by atoms with Crippen LogP contribution in [0.25, 0.3) is 133 Å². The molecule has 322 valence electrons. The van der Waals surface area contributed by atoms with Crippen molar-refractivity contribution in [3.63, 3.8) is 0 Å². The van der Waals surface area contributed by atoms with Crippen molar-refractivity contribution < 1.29 is 4.42 Å². The molecule has 0 amide bonds. The van der Waals surface area contributed by atoms with Gasteiger partial charge < -0.3 is 8.98 Å². The Morgan fingerprint density at radius 2 is 0.812 bits per heavy atom. The van der Waals surface area contributed by atoms with Crippen LogP contribution in [0.15, 0.2) is 247 Å². The number of aromatic nitrogens is 4. The summed E-state index contributed by atoms with van der Waals surface area (Å²) in [5.41, 5.74) is 17.9. The number of hydrogen-bond acceptors (Lipinski definition) is 3. The lowest BCUT2D eigenvalue weighted by Gasteiger charge is -2.12. The Labute approximate surface area is 397 Å². The van der Waals surface area contributed by atoms with Crippen LogP contribution in [0.4, 0.5) is 0 Å². The van der Waals surface area contributed by atoms with Gasteiger partial charge in [-0.15, -0.1) is 0 Å². The minimum atomic E-state index is 0.622. The summed E-state index contributed by atoms with van der Waals surface area (Å²) in [6, 6.07) is 86.2. The van der Waals surface area contributed by atoms with Gasteiger partial charge in [0.25, 0.3) is 0 Å². The molecule has 14 aromatic rings. The van der Waals surface area contributed by atoms with Crippen LogP contribution >= 0.6 is 0 Å². The molecule has 0 fully saturated rings. The third kappa shape index (κ3) is 6.40. The molecular weight excluding hydrogens is 841 g/mol. The van der Waals surface area contributed by atoms with E-state index in [1.807, 2.05) is 12.1 Å². The predicted molar refractivity (Wildman–Crippen MR) is 285 cm³/mol. The Hall–Kier alpha value is -9.32. The monoisotopic (exact) mass is 880 g/mol. The summed E-state index contributed by atoms with van der Waals surface area (Å²) >= 11 is 0. The van der Waals surface area contributed by atoms with Gasteiger partial charge in [0.1, 0.15) is 11.2 Å². The molecular formula is C64H40N4O. The van der Waals surface area contributed by atoms with Gasteiger partial charge in [-0.3, -0.25) is 4.57 Å². The Balaban J connectivity index is 0.898. The lowest BCUT2D eigenvalue weighted by molar-refractivity contribution is 0.669. The normalized spacial score (nSPS) is 11.8. The second-order valence-electron chi connectivity index (χ2n) is 17.7. The first kappa shape index (κ1) is 38.9. The van der Waals surface area contributed by atoms with E-state index in [4.69, 9.17) is 14.4 Å². The third-order valence-corrected chi connectivity index (χ3v) is 13.7. The summed E-state index contributed by atoms with van der Waals surface area (Å²) in [6.07, 6.45) is 0. The minimum Gasteiger partial charge on any atom is -0.456 e. The molecule has 0 aliphatic rings. The van der Waals surface area contributed by atoms with Crippen molar-refractivity contribution in [3.8, 4) is 67.5 Å². The lowest BCUT2D eigenvalue weighted by atomic mass is 9.95. The Bertz CT molecular complexity index is 4240. The van der Waals surface area contributed by atoms with Gasteiger partial charge in [-0.05, 0) is 106 Å². The number of hydrogen-bond donors (Lipinski definition) is 0. The highest BCUT2D eigenvalue weighted by Gasteiger charge is 2.20. The van der Waals surface area contributed by atoms with E-state index >= 15 is 0 Å². The van der Waals surface area contributed by atoms with Crippen molar-refractivity contribution in [1.82, 2.24) is 19.1 Å². The number of rotatable bonds is 7. The van der Waals surface area contributed by atoms with Gasteiger partial charge in [0, 0.05) is 49.1 Å². The highest BCUT2D eigenvalue weighted by Crippen LogP contribution is 2.42. The zero-order chi connectivity index (χ0) is 45.4. The highest BCUT2D eigenvalue weighted by molar-refractivity contribution is 6.16. The molecule has 0 saturated carbocycles. The third-order valence-electron chi connectivity index (χ3n) is 13.7. The van der Waals surface area contributed by atoms with Gasteiger partial charge in [0.15, 0.2) is 0 Å². The molecule has 0 bridgehead atoms. The quantitative estimate of drug-likeness (QED) is 0.160. The van der Waals surface area contributed by atoms with E-state index < -0.39 is 0 Å². The molecule has 69 heavy (non-hydrogen) atoms. The molecule has 0 spiro atoms. The van der Waals surface area contributed by atoms with Gasteiger partial charge in [-0.25, -0.2) is 9.97 Å². The maximum Gasteiger partial charge on any atom is 0.235 e. The van der Waals surface area contributed by atoms with Gasteiger partial charge in [-0.1, -0.05) is 170 Å². The Morgan fingerprint density at radius 1 is 0.290 bits per heavy atom. The number of fused-ring (bicyclic) bond motifs is 9. The van der Waals surface area contributed by atoms with Crippen molar-refractivity contribution in [2.45, 2.75) is 0 Å². The molecule has 4 heterocycles. The minimum absolute atomic E-state index is 0.622. The molecule has 10 aromatic carbocycles. The van der Waals surface area contributed by atoms with E-state index in [1.54, 1.807) is 0 Å². The summed E-state index contributed by atoms with van der Waals surface area (Å²) in [5, 5.41) is 6.92. The van der Waals surface area contributed by atoms with E-state index in [2.05, 4.69) is 240 Å². The fourth-order valence-corrected chi connectivity index (χ4v) is 10.5. The molecule has 0 atom stereocenters. The average Bonchev–Trinajstić information content (AvgIpc) is 4.08. The van der Waals surface area contributed by atoms with Crippen LogP contribution in [0.5, 0.6) is 0 Å². The van der Waals surface area contributed by atoms with Crippen LogP contribution in [0, 0.1) is 0 Å². The van der Waals surface area contributed by atoms with E-state index in [0.29, 0.717) is 5.95 Å². The molecule has 0 radical (unpaired) electrons. The molecule has 0 aliphatic heterocycles. The second-order valence-corrected chi connectivity index (χ2v) is 17.7. The van der Waals surface area contributed by atoms with Crippen LogP contribution in [-0.4, -0.2) is 19.1 Å².